The van der Waals surface area contributed by atoms with E-state index in [0.29, 0.717) is 10.9 Å². The van der Waals surface area contributed by atoms with Crippen LogP contribution in [0.4, 0.5) is 0 Å². The minimum Gasteiger partial charge on any atom is -0.490 e. The van der Waals surface area contributed by atoms with Crippen LogP contribution in [0, 0.1) is 0 Å². The van der Waals surface area contributed by atoms with Gasteiger partial charge in [-0.25, -0.2) is 4.98 Å². The van der Waals surface area contributed by atoms with Crippen LogP contribution in [-0.4, -0.2) is 22.0 Å². The second-order valence-corrected chi connectivity index (χ2v) is 10.1. The van der Waals surface area contributed by atoms with Crippen LogP contribution >= 0.6 is 15.9 Å². The first-order valence-electron chi connectivity index (χ1n) is 12.0. The molecule has 1 heterocycles. The molecular formula is C28H28BrN3O2. The Morgan fingerprint density at radius 2 is 1.85 bits per heavy atom. The first kappa shape index (κ1) is 22.8. The van der Waals surface area contributed by atoms with Crippen LogP contribution < -0.4 is 10.3 Å². The molecule has 6 heteroatoms. The van der Waals surface area contributed by atoms with Crippen molar-refractivity contribution in [2.24, 2.45) is 5.10 Å². The van der Waals surface area contributed by atoms with Crippen LogP contribution in [0.3, 0.4) is 0 Å². The van der Waals surface area contributed by atoms with Crippen LogP contribution in [0.25, 0.3) is 21.7 Å². The third-order valence-electron chi connectivity index (χ3n) is 6.40. The highest BCUT2D eigenvalue weighted by atomic mass is 79.9. The van der Waals surface area contributed by atoms with Crippen molar-refractivity contribution in [1.29, 1.82) is 0 Å². The highest BCUT2D eigenvalue weighted by molar-refractivity contribution is 9.10. The zero-order valence-electron chi connectivity index (χ0n) is 19.5. The van der Waals surface area contributed by atoms with Crippen molar-refractivity contribution in [3.8, 4) is 5.75 Å². The topological polar surface area (TPSA) is 56.5 Å². The van der Waals surface area contributed by atoms with Crippen molar-refractivity contribution in [3.63, 3.8) is 0 Å². The summed E-state index contributed by atoms with van der Waals surface area (Å²) in [7, 11) is 0. The maximum absolute atomic E-state index is 13.6. The number of aromatic nitrogens is 2. The van der Waals surface area contributed by atoms with Crippen molar-refractivity contribution in [3.05, 3.63) is 80.8 Å². The van der Waals surface area contributed by atoms with Gasteiger partial charge in [-0.15, -0.1) is 0 Å². The Balaban J connectivity index is 1.71. The SMILES string of the molecule is CC(C)Oc1ccc2ccccc2c1C=Nn1c(C2CCCCC2)nc2ccc(Br)cc2c1=O. The molecule has 1 fully saturated rings. The molecule has 1 aromatic heterocycles. The maximum atomic E-state index is 13.6. The van der Waals surface area contributed by atoms with Crippen molar-refractivity contribution >= 4 is 43.8 Å². The predicted molar refractivity (Wildman–Crippen MR) is 142 cm³/mol. The molecule has 0 radical (unpaired) electrons. The van der Waals surface area contributed by atoms with Gasteiger partial charge < -0.3 is 4.74 Å². The third kappa shape index (κ3) is 4.51. The van der Waals surface area contributed by atoms with Crippen molar-refractivity contribution in [2.75, 3.05) is 0 Å². The van der Waals surface area contributed by atoms with Crippen molar-refractivity contribution in [2.45, 2.75) is 58.0 Å². The summed E-state index contributed by atoms with van der Waals surface area (Å²) in [6, 6.07) is 17.8. The fourth-order valence-corrected chi connectivity index (χ4v) is 5.14. The van der Waals surface area contributed by atoms with Crippen LogP contribution in [0.2, 0.25) is 0 Å². The molecule has 5 rings (SSSR count). The van der Waals surface area contributed by atoms with Gasteiger partial charge in [0.25, 0.3) is 5.56 Å². The van der Waals surface area contributed by atoms with Crippen molar-refractivity contribution in [1.82, 2.24) is 9.66 Å². The van der Waals surface area contributed by atoms with Crippen molar-refractivity contribution < 1.29 is 4.74 Å². The number of rotatable bonds is 5. The fourth-order valence-electron chi connectivity index (χ4n) is 4.78. The number of fused-ring (bicyclic) bond motifs is 2. The number of halogens is 1. The molecule has 0 aliphatic heterocycles. The Kier molecular flexibility index (Phi) is 6.50. The molecule has 0 spiro atoms. The number of benzene rings is 3. The summed E-state index contributed by atoms with van der Waals surface area (Å²) >= 11 is 3.49. The molecule has 174 valence electrons. The summed E-state index contributed by atoms with van der Waals surface area (Å²) in [5, 5.41) is 7.46. The summed E-state index contributed by atoms with van der Waals surface area (Å²) in [6.07, 6.45) is 7.38. The highest BCUT2D eigenvalue weighted by Gasteiger charge is 2.22. The van der Waals surface area contributed by atoms with Crippen LogP contribution in [0.5, 0.6) is 5.75 Å². The molecule has 1 aliphatic rings. The molecule has 1 aliphatic carbocycles. The number of hydrogen-bond donors (Lipinski definition) is 0. The first-order chi connectivity index (χ1) is 16.5. The number of ether oxygens (including phenoxy) is 1. The largest absolute Gasteiger partial charge is 0.490 e. The summed E-state index contributed by atoms with van der Waals surface area (Å²) in [5.74, 6) is 1.73. The number of nitrogens with zero attached hydrogens (tertiary/aromatic N) is 3. The van der Waals surface area contributed by atoms with E-state index in [1.54, 1.807) is 6.21 Å². The van der Waals surface area contributed by atoms with Crippen LogP contribution in [0.1, 0.15) is 63.3 Å². The van der Waals surface area contributed by atoms with Gasteiger partial charge in [0.05, 0.1) is 23.2 Å². The summed E-state index contributed by atoms with van der Waals surface area (Å²) in [4.78, 5) is 18.6. The maximum Gasteiger partial charge on any atom is 0.282 e. The minimum absolute atomic E-state index is 0.0218. The van der Waals surface area contributed by atoms with E-state index in [1.165, 1.54) is 11.1 Å². The van der Waals surface area contributed by atoms with E-state index in [-0.39, 0.29) is 17.6 Å². The van der Waals surface area contributed by atoms with Crippen LogP contribution in [-0.2, 0) is 0 Å². The first-order valence-corrected chi connectivity index (χ1v) is 12.8. The van der Waals surface area contributed by atoms with E-state index < -0.39 is 0 Å². The van der Waals surface area contributed by atoms with Gasteiger partial charge >= 0.3 is 0 Å². The Morgan fingerprint density at radius 3 is 2.65 bits per heavy atom. The lowest BCUT2D eigenvalue weighted by Crippen LogP contribution is -2.25. The summed E-state index contributed by atoms with van der Waals surface area (Å²) < 4.78 is 8.47. The molecular weight excluding hydrogens is 490 g/mol. The molecule has 34 heavy (non-hydrogen) atoms. The van der Waals surface area contributed by atoms with Gasteiger partial charge in [0.15, 0.2) is 0 Å². The monoisotopic (exact) mass is 517 g/mol. The second-order valence-electron chi connectivity index (χ2n) is 9.19. The molecule has 3 aromatic carbocycles. The van der Waals surface area contributed by atoms with E-state index in [9.17, 15) is 4.79 Å². The Bertz CT molecular complexity index is 1440. The van der Waals surface area contributed by atoms with E-state index in [1.807, 2.05) is 50.2 Å². The van der Waals surface area contributed by atoms with Gasteiger partial charge in [0.2, 0.25) is 0 Å². The molecule has 0 saturated heterocycles. The zero-order valence-corrected chi connectivity index (χ0v) is 21.1. The quantitative estimate of drug-likeness (QED) is 0.267. The zero-order chi connectivity index (χ0) is 23.7. The van der Waals surface area contributed by atoms with Gasteiger partial charge in [-0.1, -0.05) is 65.5 Å². The molecule has 1 saturated carbocycles. The molecule has 0 atom stereocenters. The summed E-state index contributed by atoms with van der Waals surface area (Å²) in [6.45, 7) is 4.01. The van der Waals surface area contributed by atoms with Gasteiger partial charge in [-0.2, -0.15) is 9.78 Å². The highest BCUT2D eigenvalue weighted by Crippen LogP contribution is 2.32. The van der Waals surface area contributed by atoms with Gasteiger partial charge in [-0.05, 0) is 61.7 Å². The predicted octanol–water partition coefficient (Wildman–Crippen LogP) is 7.03. The van der Waals surface area contributed by atoms with Crippen LogP contribution in [0.15, 0.2) is 69.0 Å². The second kappa shape index (κ2) is 9.71. The number of hydrogen-bond acceptors (Lipinski definition) is 4. The standard InChI is InChI=1S/C28H28BrN3O2/c1-18(2)34-26-15-12-19-8-6-7-11-22(19)24(26)17-30-32-27(20-9-4-3-5-10-20)31-25-14-13-21(29)16-23(25)28(32)33/h6-8,11-18,20H,3-5,9-10H2,1-2H3. The molecule has 0 unspecified atom stereocenters. The molecule has 5 nitrogen and oxygen atoms in total. The minimum atomic E-state index is -0.144. The molecule has 0 amide bonds. The van der Waals surface area contributed by atoms with Gasteiger partial charge in [0, 0.05) is 16.0 Å². The van der Waals surface area contributed by atoms with Gasteiger partial charge in [0.1, 0.15) is 11.6 Å². The fraction of sp³-hybridized carbons (Fsp3) is 0.321. The molecule has 4 aromatic rings. The Morgan fingerprint density at radius 1 is 1.06 bits per heavy atom. The van der Waals surface area contributed by atoms with E-state index in [4.69, 9.17) is 14.8 Å². The van der Waals surface area contributed by atoms with E-state index in [2.05, 4.69) is 34.1 Å². The van der Waals surface area contributed by atoms with E-state index >= 15 is 0 Å². The molecule has 0 bridgehead atoms. The summed E-state index contributed by atoms with van der Waals surface area (Å²) in [5.41, 5.74) is 1.44. The average Bonchev–Trinajstić information content (AvgIpc) is 2.84. The lowest BCUT2D eigenvalue weighted by Gasteiger charge is -2.23. The Labute approximate surface area is 207 Å². The average molecular weight is 518 g/mol. The lowest BCUT2D eigenvalue weighted by atomic mass is 9.88. The van der Waals surface area contributed by atoms with Gasteiger partial charge in [-0.3, -0.25) is 4.79 Å². The molecule has 0 N–H and O–H groups in total. The third-order valence-corrected chi connectivity index (χ3v) is 6.89. The normalized spacial score (nSPS) is 15.1. The lowest BCUT2D eigenvalue weighted by molar-refractivity contribution is 0.242. The Hall–Kier alpha value is -2.99. The van der Waals surface area contributed by atoms with E-state index in [0.717, 1.165) is 58.1 Å². The smallest absolute Gasteiger partial charge is 0.282 e.